The van der Waals surface area contributed by atoms with Gasteiger partial charge in [-0.15, -0.1) is 0 Å². The van der Waals surface area contributed by atoms with Crippen LogP contribution in [0.15, 0.2) is 17.5 Å². The Morgan fingerprint density at radius 2 is 2.38 bits per heavy atom. The molecule has 2 rings (SSSR count). The molecule has 0 atom stereocenters. The fourth-order valence-electron chi connectivity index (χ4n) is 1.30. The van der Waals surface area contributed by atoms with Gasteiger partial charge in [-0.3, -0.25) is 9.59 Å². The summed E-state index contributed by atoms with van der Waals surface area (Å²) in [6, 6.07) is 0. The second kappa shape index (κ2) is 4.56. The summed E-state index contributed by atoms with van der Waals surface area (Å²) in [7, 11) is 0. The number of amides is 2. The molecule has 0 aromatic carbocycles. The molecule has 2 amide bonds. The van der Waals surface area contributed by atoms with E-state index < -0.39 is 0 Å². The van der Waals surface area contributed by atoms with E-state index in [2.05, 4.69) is 25.8 Å². The Bertz CT molecular complexity index is 423. The van der Waals surface area contributed by atoms with Crippen molar-refractivity contribution < 1.29 is 9.59 Å². The Morgan fingerprint density at radius 3 is 3.00 bits per heavy atom. The third-order valence-electron chi connectivity index (χ3n) is 2.14. The minimum Gasteiger partial charge on any atom is -0.347 e. The van der Waals surface area contributed by atoms with Crippen molar-refractivity contribution in [2.24, 2.45) is 5.10 Å². The molecule has 0 saturated heterocycles. The molecule has 1 aliphatic heterocycles. The molecule has 16 heavy (non-hydrogen) atoms. The van der Waals surface area contributed by atoms with Gasteiger partial charge in [0.2, 0.25) is 5.91 Å². The second-order valence-electron chi connectivity index (χ2n) is 3.31. The number of carbonyl (C=O) groups is 2. The van der Waals surface area contributed by atoms with Crippen LogP contribution in [0.25, 0.3) is 0 Å². The third-order valence-corrected chi connectivity index (χ3v) is 2.14. The average molecular weight is 221 g/mol. The maximum atomic E-state index is 11.6. The Kier molecular flexibility index (Phi) is 2.95. The highest BCUT2D eigenvalue weighted by Crippen LogP contribution is 1.99. The molecule has 2 heterocycles. The van der Waals surface area contributed by atoms with Crippen molar-refractivity contribution in [3.8, 4) is 0 Å². The van der Waals surface area contributed by atoms with E-state index in [9.17, 15) is 9.59 Å². The van der Waals surface area contributed by atoms with Gasteiger partial charge in [0.1, 0.15) is 11.5 Å². The molecule has 0 spiro atoms. The molecule has 0 radical (unpaired) electrons. The minimum atomic E-state index is -0.281. The molecule has 1 aromatic heterocycles. The Hall–Kier alpha value is -2.18. The number of aromatic amines is 1. The molecule has 0 fully saturated rings. The maximum Gasteiger partial charge on any atom is 0.267 e. The van der Waals surface area contributed by atoms with E-state index in [4.69, 9.17) is 0 Å². The standard InChI is InChI=1S/C9H11N5O2/c15-8-2-1-6(13-14-8)9(16)12-5-7-10-3-4-11-7/h3-4H,1-2,5H2,(H,10,11)(H,12,16)(H,14,15). The SMILES string of the molecule is O=C1CCC(C(=O)NCc2ncc[nH]2)=NN1. The van der Waals surface area contributed by atoms with E-state index in [1.165, 1.54) is 0 Å². The topological polar surface area (TPSA) is 99.2 Å². The summed E-state index contributed by atoms with van der Waals surface area (Å²) in [5.41, 5.74) is 2.61. The first-order chi connectivity index (χ1) is 7.75. The molecule has 0 saturated carbocycles. The molecular formula is C9H11N5O2. The molecule has 3 N–H and O–H groups in total. The Labute approximate surface area is 91.3 Å². The summed E-state index contributed by atoms with van der Waals surface area (Å²) in [6.45, 7) is 0.318. The summed E-state index contributed by atoms with van der Waals surface area (Å²) >= 11 is 0. The van der Waals surface area contributed by atoms with Gasteiger partial charge in [-0.25, -0.2) is 10.4 Å². The molecule has 84 valence electrons. The highest BCUT2D eigenvalue weighted by molar-refractivity contribution is 6.39. The molecule has 7 heteroatoms. The van der Waals surface area contributed by atoms with Crippen LogP contribution in [0.1, 0.15) is 18.7 Å². The van der Waals surface area contributed by atoms with E-state index in [0.717, 1.165) is 0 Å². The number of aromatic nitrogens is 2. The van der Waals surface area contributed by atoms with Crippen molar-refractivity contribution in [1.29, 1.82) is 0 Å². The monoisotopic (exact) mass is 221 g/mol. The van der Waals surface area contributed by atoms with Crippen molar-refractivity contribution in [2.75, 3.05) is 0 Å². The lowest BCUT2D eigenvalue weighted by molar-refractivity contribution is -0.121. The smallest absolute Gasteiger partial charge is 0.267 e. The largest absolute Gasteiger partial charge is 0.347 e. The number of hydrazone groups is 1. The molecular weight excluding hydrogens is 210 g/mol. The number of hydrogen-bond acceptors (Lipinski definition) is 4. The summed E-state index contributed by atoms with van der Waals surface area (Å²) in [5, 5.41) is 6.34. The summed E-state index contributed by atoms with van der Waals surface area (Å²) in [4.78, 5) is 29.2. The van der Waals surface area contributed by atoms with Crippen LogP contribution in [0, 0.1) is 0 Å². The van der Waals surface area contributed by atoms with Crippen molar-refractivity contribution in [1.82, 2.24) is 20.7 Å². The van der Waals surface area contributed by atoms with E-state index >= 15 is 0 Å². The van der Waals surface area contributed by atoms with Crippen LogP contribution < -0.4 is 10.7 Å². The summed E-state index contributed by atoms with van der Waals surface area (Å²) in [6.07, 6.45) is 3.96. The van der Waals surface area contributed by atoms with Crippen molar-refractivity contribution in [3.63, 3.8) is 0 Å². The lowest BCUT2D eigenvalue weighted by Crippen LogP contribution is -2.36. The zero-order valence-corrected chi connectivity index (χ0v) is 8.49. The highest BCUT2D eigenvalue weighted by Gasteiger charge is 2.17. The maximum absolute atomic E-state index is 11.6. The Morgan fingerprint density at radius 1 is 1.50 bits per heavy atom. The molecule has 0 unspecified atom stereocenters. The Balaban J connectivity index is 1.86. The van der Waals surface area contributed by atoms with Gasteiger partial charge in [0, 0.05) is 25.2 Å². The minimum absolute atomic E-state index is 0.164. The van der Waals surface area contributed by atoms with Crippen molar-refractivity contribution >= 4 is 17.5 Å². The van der Waals surface area contributed by atoms with Gasteiger partial charge in [0.15, 0.2) is 0 Å². The fraction of sp³-hybridized carbons (Fsp3) is 0.333. The van der Waals surface area contributed by atoms with Crippen molar-refractivity contribution in [3.05, 3.63) is 18.2 Å². The number of nitrogens with one attached hydrogen (secondary N) is 3. The van der Waals surface area contributed by atoms with Crippen LogP contribution in [-0.2, 0) is 16.1 Å². The zero-order chi connectivity index (χ0) is 11.4. The van der Waals surface area contributed by atoms with Gasteiger partial charge in [-0.2, -0.15) is 5.10 Å². The fourth-order valence-corrected chi connectivity index (χ4v) is 1.30. The van der Waals surface area contributed by atoms with Crippen LogP contribution in [0.3, 0.4) is 0 Å². The third kappa shape index (κ3) is 2.44. The number of rotatable bonds is 3. The number of hydrogen-bond donors (Lipinski definition) is 3. The van der Waals surface area contributed by atoms with Crippen LogP contribution in [-0.4, -0.2) is 27.5 Å². The first kappa shape index (κ1) is 10.3. The quantitative estimate of drug-likeness (QED) is 0.628. The van der Waals surface area contributed by atoms with Crippen molar-refractivity contribution in [2.45, 2.75) is 19.4 Å². The van der Waals surface area contributed by atoms with Crippen LogP contribution in [0.5, 0.6) is 0 Å². The van der Waals surface area contributed by atoms with Gasteiger partial charge >= 0.3 is 0 Å². The number of H-pyrrole nitrogens is 1. The predicted octanol–water partition coefficient (Wildman–Crippen LogP) is -0.708. The lowest BCUT2D eigenvalue weighted by Gasteiger charge is -2.11. The molecule has 0 bridgehead atoms. The van der Waals surface area contributed by atoms with Gasteiger partial charge in [-0.1, -0.05) is 0 Å². The van der Waals surface area contributed by atoms with Gasteiger partial charge in [-0.05, 0) is 0 Å². The van der Waals surface area contributed by atoms with Gasteiger partial charge in [0.05, 0.1) is 6.54 Å². The predicted molar refractivity (Wildman–Crippen MR) is 55.2 cm³/mol. The van der Waals surface area contributed by atoms with Gasteiger partial charge in [0.25, 0.3) is 5.91 Å². The van der Waals surface area contributed by atoms with Crippen LogP contribution in [0.4, 0.5) is 0 Å². The zero-order valence-electron chi connectivity index (χ0n) is 8.49. The highest BCUT2D eigenvalue weighted by atomic mass is 16.2. The second-order valence-corrected chi connectivity index (χ2v) is 3.31. The van der Waals surface area contributed by atoms with Gasteiger partial charge < -0.3 is 10.3 Å². The first-order valence-corrected chi connectivity index (χ1v) is 4.87. The summed E-state index contributed by atoms with van der Waals surface area (Å²) in [5.74, 6) is 0.229. The van der Waals surface area contributed by atoms with E-state index in [1.54, 1.807) is 12.4 Å². The van der Waals surface area contributed by atoms with E-state index in [-0.39, 0.29) is 11.8 Å². The average Bonchev–Trinajstić information content (AvgIpc) is 2.80. The molecule has 0 aliphatic carbocycles. The molecule has 1 aliphatic rings. The molecule has 7 nitrogen and oxygen atoms in total. The normalized spacial score (nSPS) is 15.2. The number of carbonyl (C=O) groups excluding carboxylic acids is 2. The summed E-state index contributed by atoms with van der Waals surface area (Å²) < 4.78 is 0. The van der Waals surface area contributed by atoms with Crippen LogP contribution in [0.2, 0.25) is 0 Å². The van der Waals surface area contributed by atoms with E-state index in [0.29, 0.717) is 30.9 Å². The van der Waals surface area contributed by atoms with Crippen LogP contribution >= 0.6 is 0 Å². The number of imidazole rings is 1. The first-order valence-electron chi connectivity index (χ1n) is 4.87. The van der Waals surface area contributed by atoms with E-state index in [1.807, 2.05) is 0 Å². The molecule has 1 aromatic rings. The lowest BCUT2D eigenvalue weighted by atomic mass is 10.1. The number of nitrogens with zero attached hydrogens (tertiary/aromatic N) is 2.